The maximum atomic E-state index is 11.2. The molecule has 20 heavy (non-hydrogen) atoms. The predicted molar refractivity (Wildman–Crippen MR) is 77.3 cm³/mol. The van der Waals surface area contributed by atoms with Crippen molar-refractivity contribution in [2.24, 2.45) is 5.73 Å². The number of ether oxygens (including phenoxy) is 2. The van der Waals surface area contributed by atoms with Gasteiger partial charge >= 0.3 is 5.97 Å². The Hall–Kier alpha value is -1.75. The second-order valence-corrected chi connectivity index (χ2v) is 4.89. The zero-order valence-corrected chi connectivity index (χ0v) is 12.3. The molecule has 0 heterocycles. The summed E-state index contributed by atoms with van der Waals surface area (Å²) in [7, 11) is 1.59. The third kappa shape index (κ3) is 4.74. The molecule has 5 nitrogen and oxygen atoms in total. The van der Waals surface area contributed by atoms with Gasteiger partial charge in [-0.15, -0.1) is 0 Å². The molecule has 1 rings (SSSR count). The Bertz CT molecular complexity index is 445. The van der Waals surface area contributed by atoms with Crippen LogP contribution < -0.4 is 15.2 Å². The van der Waals surface area contributed by atoms with Gasteiger partial charge in [-0.1, -0.05) is 13.3 Å². The highest BCUT2D eigenvalue weighted by molar-refractivity contribution is 5.72. The fourth-order valence-electron chi connectivity index (χ4n) is 1.95. The van der Waals surface area contributed by atoms with E-state index in [0.29, 0.717) is 24.3 Å². The van der Waals surface area contributed by atoms with Gasteiger partial charge < -0.3 is 20.3 Å². The lowest BCUT2D eigenvalue weighted by Crippen LogP contribution is -2.27. The fourth-order valence-corrected chi connectivity index (χ4v) is 1.95. The van der Waals surface area contributed by atoms with E-state index in [1.165, 1.54) is 0 Å². The molecule has 3 N–H and O–H groups in total. The van der Waals surface area contributed by atoms with Gasteiger partial charge in [0, 0.05) is 6.04 Å². The first-order chi connectivity index (χ1) is 9.47. The third-order valence-corrected chi connectivity index (χ3v) is 2.91. The predicted octanol–water partition coefficient (Wildman–Crippen LogP) is 2.22. The smallest absolute Gasteiger partial charge is 0.344 e. The molecule has 0 saturated carbocycles. The summed E-state index contributed by atoms with van der Waals surface area (Å²) in [6.45, 7) is 3.82. The van der Waals surface area contributed by atoms with Crippen LogP contribution in [0.2, 0.25) is 0 Å². The van der Waals surface area contributed by atoms with Gasteiger partial charge in [0.15, 0.2) is 6.10 Å². The molecule has 1 aromatic carbocycles. The normalized spacial score (nSPS) is 13.6. The first kappa shape index (κ1) is 16.3. The van der Waals surface area contributed by atoms with Gasteiger partial charge in [-0.3, -0.25) is 0 Å². The van der Waals surface area contributed by atoms with Crippen molar-refractivity contribution in [3.63, 3.8) is 0 Å². The number of carbonyl (C=O) groups is 1. The summed E-state index contributed by atoms with van der Waals surface area (Å²) < 4.78 is 10.8. The average molecular weight is 281 g/mol. The molecule has 0 spiro atoms. The van der Waals surface area contributed by atoms with Crippen LogP contribution in [0.4, 0.5) is 0 Å². The number of methoxy groups -OCH3 is 1. The number of benzene rings is 1. The maximum Gasteiger partial charge on any atom is 0.344 e. The number of carboxylic acid groups (broad SMARTS) is 1. The Labute approximate surface area is 119 Å². The molecule has 0 aliphatic carbocycles. The summed E-state index contributed by atoms with van der Waals surface area (Å²) in [4.78, 5) is 11.2. The molecule has 0 aliphatic heterocycles. The maximum absolute atomic E-state index is 11.2. The van der Waals surface area contributed by atoms with Crippen molar-refractivity contribution in [1.82, 2.24) is 0 Å². The molecule has 2 unspecified atom stereocenters. The standard InChI is InChI=1S/C15H23NO4/c1-4-5-14(15(17)18)20-13-7-6-12(19-3)9-11(13)8-10(2)16/h6-7,9-10,14H,4-5,8,16H2,1-3H3,(H,17,18). The molecular formula is C15H23NO4. The van der Waals surface area contributed by atoms with Crippen LogP contribution in [0, 0.1) is 0 Å². The fraction of sp³-hybridized carbons (Fsp3) is 0.533. The summed E-state index contributed by atoms with van der Waals surface area (Å²) in [5.41, 5.74) is 6.68. The van der Waals surface area contributed by atoms with E-state index in [9.17, 15) is 4.79 Å². The van der Waals surface area contributed by atoms with Crippen LogP contribution in [0.1, 0.15) is 32.3 Å². The molecule has 0 amide bonds. The molecule has 0 aliphatic rings. The highest BCUT2D eigenvalue weighted by Crippen LogP contribution is 2.27. The minimum absolute atomic E-state index is 0.0427. The Morgan fingerprint density at radius 2 is 2.15 bits per heavy atom. The van der Waals surface area contributed by atoms with Crippen molar-refractivity contribution in [3.8, 4) is 11.5 Å². The van der Waals surface area contributed by atoms with E-state index in [1.807, 2.05) is 19.9 Å². The highest BCUT2D eigenvalue weighted by Gasteiger charge is 2.20. The topological polar surface area (TPSA) is 81.8 Å². The monoisotopic (exact) mass is 281 g/mol. The lowest BCUT2D eigenvalue weighted by Gasteiger charge is -2.18. The van der Waals surface area contributed by atoms with Crippen LogP contribution in [0.25, 0.3) is 0 Å². The van der Waals surface area contributed by atoms with Crippen LogP contribution in [-0.4, -0.2) is 30.3 Å². The summed E-state index contributed by atoms with van der Waals surface area (Å²) in [5.74, 6) is 0.314. The Morgan fingerprint density at radius 1 is 1.45 bits per heavy atom. The van der Waals surface area contributed by atoms with E-state index >= 15 is 0 Å². The molecule has 5 heteroatoms. The number of aliphatic carboxylic acids is 1. The van der Waals surface area contributed by atoms with E-state index < -0.39 is 12.1 Å². The Kier molecular flexibility index (Phi) is 6.31. The lowest BCUT2D eigenvalue weighted by atomic mass is 10.1. The van der Waals surface area contributed by atoms with Crippen molar-refractivity contribution >= 4 is 5.97 Å². The summed E-state index contributed by atoms with van der Waals surface area (Å²) in [5, 5.41) is 9.16. The lowest BCUT2D eigenvalue weighted by molar-refractivity contribution is -0.145. The molecule has 1 aromatic rings. The molecule has 112 valence electrons. The second-order valence-electron chi connectivity index (χ2n) is 4.89. The SMILES string of the molecule is CCCC(Oc1ccc(OC)cc1CC(C)N)C(=O)O. The van der Waals surface area contributed by atoms with Crippen molar-refractivity contribution < 1.29 is 19.4 Å². The van der Waals surface area contributed by atoms with Crippen molar-refractivity contribution in [2.75, 3.05) is 7.11 Å². The molecule has 0 saturated heterocycles. The van der Waals surface area contributed by atoms with E-state index in [1.54, 1.807) is 19.2 Å². The van der Waals surface area contributed by atoms with Gasteiger partial charge in [0.05, 0.1) is 7.11 Å². The molecule has 0 radical (unpaired) electrons. The van der Waals surface area contributed by atoms with E-state index in [2.05, 4.69) is 0 Å². The van der Waals surface area contributed by atoms with Gasteiger partial charge in [0.25, 0.3) is 0 Å². The molecule has 0 fully saturated rings. The van der Waals surface area contributed by atoms with Crippen molar-refractivity contribution in [3.05, 3.63) is 23.8 Å². The van der Waals surface area contributed by atoms with Gasteiger partial charge in [-0.2, -0.15) is 0 Å². The van der Waals surface area contributed by atoms with Crippen LogP contribution in [0.15, 0.2) is 18.2 Å². The number of hydrogen-bond acceptors (Lipinski definition) is 4. The quantitative estimate of drug-likeness (QED) is 0.763. The van der Waals surface area contributed by atoms with Gasteiger partial charge in [-0.25, -0.2) is 4.79 Å². The van der Waals surface area contributed by atoms with Crippen LogP contribution >= 0.6 is 0 Å². The van der Waals surface area contributed by atoms with Crippen LogP contribution in [0.3, 0.4) is 0 Å². The number of hydrogen-bond donors (Lipinski definition) is 2. The molecule has 2 atom stereocenters. The Balaban J connectivity index is 2.99. The molecule has 0 bridgehead atoms. The third-order valence-electron chi connectivity index (χ3n) is 2.91. The summed E-state index contributed by atoms with van der Waals surface area (Å²) in [6, 6.07) is 5.29. The van der Waals surface area contributed by atoms with E-state index in [-0.39, 0.29) is 6.04 Å². The molecule has 0 aromatic heterocycles. The minimum atomic E-state index is -0.950. The second kappa shape index (κ2) is 7.75. The first-order valence-corrected chi connectivity index (χ1v) is 6.79. The van der Waals surface area contributed by atoms with E-state index in [0.717, 1.165) is 12.0 Å². The Morgan fingerprint density at radius 3 is 2.65 bits per heavy atom. The van der Waals surface area contributed by atoms with Crippen molar-refractivity contribution in [1.29, 1.82) is 0 Å². The largest absolute Gasteiger partial charge is 0.497 e. The highest BCUT2D eigenvalue weighted by atomic mass is 16.5. The van der Waals surface area contributed by atoms with Crippen molar-refractivity contribution in [2.45, 2.75) is 45.3 Å². The minimum Gasteiger partial charge on any atom is -0.497 e. The zero-order valence-electron chi connectivity index (χ0n) is 12.3. The van der Waals surface area contributed by atoms with Crippen LogP contribution in [0.5, 0.6) is 11.5 Å². The van der Waals surface area contributed by atoms with Gasteiger partial charge in [0.1, 0.15) is 11.5 Å². The van der Waals surface area contributed by atoms with Crippen LogP contribution in [-0.2, 0) is 11.2 Å². The van der Waals surface area contributed by atoms with Gasteiger partial charge in [-0.05, 0) is 43.5 Å². The summed E-state index contributed by atoms with van der Waals surface area (Å²) in [6.07, 6.45) is 0.986. The first-order valence-electron chi connectivity index (χ1n) is 6.79. The zero-order chi connectivity index (χ0) is 15.1. The van der Waals surface area contributed by atoms with E-state index in [4.69, 9.17) is 20.3 Å². The average Bonchev–Trinajstić information content (AvgIpc) is 2.39. The summed E-state index contributed by atoms with van der Waals surface area (Å²) >= 11 is 0. The number of carboxylic acids is 1. The van der Waals surface area contributed by atoms with Gasteiger partial charge in [0.2, 0.25) is 0 Å². The molecular weight excluding hydrogens is 258 g/mol. The number of rotatable bonds is 8. The number of nitrogens with two attached hydrogens (primary N) is 1.